The largest absolute Gasteiger partial charge is 0.497 e. The van der Waals surface area contributed by atoms with Crippen molar-refractivity contribution in [3.05, 3.63) is 88.7 Å². The molecule has 0 unspecified atom stereocenters. The summed E-state index contributed by atoms with van der Waals surface area (Å²) in [6.45, 7) is 0. The molecule has 0 aliphatic heterocycles. The number of methoxy groups -OCH3 is 1. The van der Waals surface area contributed by atoms with Gasteiger partial charge in [-0.2, -0.15) is 0 Å². The summed E-state index contributed by atoms with van der Waals surface area (Å²) in [5.74, 6) is 0.303. The van der Waals surface area contributed by atoms with Crippen molar-refractivity contribution in [1.29, 1.82) is 0 Å². The first-order valence-corrected chi connectivity index (χ1v) is 8.73. The lowest BCUT2D eigenvalue weighted by Gasteiger charge is -2.08. The van der Waals surface area contributed by atoms with Gasteiger partial charge in [-0.25, -0.2) is 4.98 Å². The zero-order valence-corrected chi connectivity index (χ0v) is 15.4. The van der Waals surface area contributed by atoms with E-state index in [4.69, 9.17) is 4.74 Å². The summed E-state index contributed by atoms with van der Waals surface area (Å²) in [5, 5.41) is 14.4. The molecule has 0 aliphatic carbocycles. The molecule has 0 atom stereocenters. The molecule has 8 nitrogen and oxygen atoms in total. The van der Waals surface area contributed by atoms with E-state index in [1.54, 1.807) is 72.4 Å². The van der Waals surface area contributed by atoms with Gasteiger partial charge in [0, 0.05) is 29.6 Å². The minimum absolute atomic E-state index is 0.131. The molecule has 0 saturated heterocycles. The Morgan fingerprint density at radius 3 is 2.66 bits per heavy atom. The summed E-state index contributed by atoms with van der Waals surface area (Å²) >= 11 is 0. The third-order valence-corrected chi connectivity index (χ3v) is 4.48. The van der Waals surface area contributed by atoms with Crippen molar-refractivity contribution in [1.82, 2.24) is 9.38 Å². The van der Waals surface area contributed by atoms with Crippen LogP contribution in [0.5, 0.6) is 5.75 Å². The fourth-order valence-electron chi connectivity index (χ4n) is 3.06. The van der Waals surface area contributed by atoms with Gasteiger partial charge in [0.15, 0.2) is 0 Å². The van der Waals surface area contributed by atoms with Crippen LogP contribution in [0.1, 0.15) is 10.4 Å². The Hall–Kier alpha value is -4.20. The number of imidazole rings is 1. The molecule has 0 aliphatic rings. The Kier molecular flexibility index (Phi) is 4.66. The molecule has 0 radical (unpaired) electrons. The van der Waals surface area contributed by atoms with Crippen molar-refractivity contribution >= 4 is 22.9 Å². The van der Waals surface area contributed by atoms with Gasteiger partial charge in [-0.1, -0.05) is 18.2 Å². The molecule has 4 aromatic rings. The molecule has 1 N–H and O–H groups in total. The second kappa shape index (κ2) is 7.43. The first-order valence-electron chi connectivity index (χ1n) is 8.73. The van der Waals surface area contributed by atoms with Gasteiger partial charge in [0.05, 0.1) is 29.5 Å². The molecule has 0 spiro atoms. The van der Waals surface area contributed by atoms with Crippen molar-refractivity contribution in [2.75, 3.05) is 12.4 Å². The van der Waals surface area contributed by atoms with Crippen LogP contribution >= 0.6 is 0 Å². The lowest BCUT2D eigenvalue weighted by Crippen LogP contribution is -2.11. The molecule has 29 heavy (non-hydrogen) atoms. The van der Waals surface area contributed by atoms with Gasteiger partial charge < -0.3 is 10.1 Å². The molecule has 0 saturated carbocycles. The van der Waals surface area contributed by atoms with E-state index in [1.807, 2.05) is 6.07 Å². The van der Waals surface area contributed by atoms with Gasteiger partial charge in [-0.3, -0.25) is 19.3 Å². The van der Waals surface area contributed by atoms with E-state index in [-0.39, 0.29) is 11.6 Å². The number of rotatable bonds is 5. The molecule has 4 rings (SSSR count). The van der Waals surface area contributed by atoms with Gasteiger partial charge in [0.1, 0.15) is 11.4 Å². The van der Waals surface area contributed by atoms with Crippen molar-refractivity contribution in [3.63, 3.8) is 0 Å². The number of hydrogen-bond donors (Lipinski definition) is 1. The number of fused-ring (bicyclic) bond motifs is 1. The first-order chi connectivity index (χ1) is 14.1. The van der Waals surface area contributed by atoms with E-state index in [2.05, 4.69) is 10.3 Å². The maximum Gasteiger partial charge on any atom is 0.280 e. The van der Waals surface area contributed by atoms with Gasteiger partial charge in [0.25, 0.3) is 11.6 Å². The number of carbonyl (C=O) groups excluding carboxylic acids is 1. The van der Waals surface area contributed by atoms with E-state index in [1.165, 1.54) is 6.07 Å². The third-order valence-electron chi connectivity index (χ3n) is 4.48. The highest BCUT2D eigenvalue weighted by Crippen LogP contribution is 2.33. The quantitative estimate of drug-likeness (QED) is 0.409. The predicted octanol–water partition coefficient (Wildman–Crippen LogP) is 4.17. The molecule has 144 valence electrons. The molecular weight excluding hydrogens is 372 g/mol. The standard InChI is InChI=1S/C21H16N4O4/c1-29-16-9-10-24-19(13-22-20(24)12-16)17-8-7-15(11-18(17)25(27)28)23-21(26)14-5-3-2-4-6-14/h2-13H,1H3,(H,23,26). The van der Waals surface area contributed by atoms with Crippen LogP contribution in [-0.4, -0.2) is 27.3 Å². The number of nitrogens with zero attached hydrogens (tertiary/aromatic N) is 3. The van der Waals surface area contributed by atoms with Crippen LogP contribution in [0.25, 0.3) is 16.9 Å². The minimum atomic E-state index is -0.476. The zero-order chi connectivity index (χ0) is 20.4. The summed E-state index contributed by atoms with van der Waals surface area (Å²) in [6.07, 6.45) is 3.31. The highest BCUT2D eigenvalue weighted by Gasteiger charge is 2.20. The molecule has 2 aromatic heterocycles. The molecule has 8 heteroatoms. The average molecular weight is 388 g/mol. The van der Waals surface area contributed by atoms with Crippen molar-refractivity contribution in [3.8, 4) is 17.0 Å². The van der Waals surface area contributed by atoms with Crippen LogP contribution in [0.3, 0.4) is 0 Å². The van der Waals surface area contributed by atoms with E-state index in [9.17, 15) is 14.9 Å². The Balaban J connectivity index is 1.72. The summed E-state index contributed by atoms with van der Waals surface area (Å²) in [5.41, 5.74) is 2.24. The number of pyridine rings is 1. The van der Waals surface area contributed by atoms with Crippen LogP contribution in [0.15, 0.2) is 73.1 Å². The van der Waals surface area contributed by atoms with E-state index in [0.29, 0.717) is 33.9 Å². The number of nitro groups is 1. The lowest BCUT2D eigenvalue weighted by atomic mass is 10.1. The highest BCUT2D eigenvalue weighted by molar-refractivity contribution is 6.04. The van der Waals surface area contributed by atoms with Crippen molar-refractivity contribution in [2.24, 2.45) is 0 Å². The van der Waals surface area contributed by atoms with E-state index < -0.39 is 4.92 Å². The molecule has 2 heterocycles. The van der Waals surface area contributed by atoms with Gasteiger partial charge in [-0.05, 0) is 30.3 Å². The van der Waals surface area contributed by atoms with E-state index in [0.717, 1.165) is 0 Å². The molecule has 0 bridgehead atoms. The zero-order valence-electron chi connectivity index (χ0n) is 15.4. The number of carbonyl (C=O) groups is 1. The van der Waals surface area contributed by atoms with Crippen LogP contribution in [0.2, 0.25) is 0 Å². The number of amides is 1. The first kappa shape index (κ1) is 18.2. The highest BCUT2D eigenvalue weighted by atomic mass is 16.6. The van der Waals surface area contributed by atoms with Crippen molar-refractivity contribution < 1.29 is 14.5 Å². The predicted molar refractivity (Wildman–Crippen MR) is 108 cm³/mol. The Morgan fingerprint density at radius 1 is 1.14 bits per heavy atom. The Bertz CT molecular complexity index is 1220. The van der Waals surface area contributed by atoms with Gasteiger partial charge in [-0.15, -0.1) is 0 Å². The maximum absolute atomic E-state index is 12.3. The second-order valence-electron chi connectivity index (χ2n) is 6.25. The summed E-state index contributed by atoms with van der Waals surface area (Å²) in [7, 11) is 1.56. The molecule has 0 fully saturated rings. The monoisotopic (exact) mass is 388 g/mol. The topological polar surface area (TPSA) is 98.8 Å². The fourth-order valence-corrected chi connectivity index (χ4v) is 3.06. The fraction of sp³-hybridized carbons (Fsp3) is 0.0476. The molecule has 1 amide bonds. The Morgan fingerprint density at radius 2 is 1.93 bits per heavy atom. The van der Waals surface area contributed by atoms with Crippen LogP contribution in [0.4, 0.5) is 11.4 Å². The summed E-state index contributed by atoms with van der Waals surface area (Å²) in [4.78, 5) is 27.9. The SMILES string of the molecule is COc1ccn2c(-c3ccc(NC(=O)c4ccccc4)cc3[N+](=O)[O-])cnc2c1. The van der Waals surface area contributed by atoms with Crippen molar-refractivity contribution in [2.45, 2.75) is 0 Å². The second-order valence-corrected chi connectivity index (χ2v) is 6.25. The summed E-state index contributed by atoms with van der Waals surface area (Å²) < 4.78 is 6.93. The normalized spacial score (nSPS) is 10.7. The van der Waals surface area contributed by atoms with Gasteiger partial charge >= 0.3 is 0 Å². The summed E-state index contributed by atoms with van der Waals surface area (Å²) in [6, 6.07) is 16.7. The third kappa shape index (κ3) is 3.51. The molecule has 2 aromatic carbocycles. The van der Waals surface area contributed by atoms with Crippen LogP contribution in [0, 0.1) is 10.1 Å². The average Bonchev–Trinajstić information content (AvgIpc) is 3.17. The van der Waals surface area contributed by atoms with E-state index >= 15 is 0 Å². The van der Waals surface area contributed by atoms with Crippen LogP contribution < -0.4 is 10.1 Å². The minimum Gasteiger partial charge on any atom is -0.497 e. The number of anilines is 1. The maximum atomic E-state index is 12.3. The smallest absolute Gasteiger partial charge is 0.280 e. The number of benzene rings is 2. The van der Waals surface area contributed by atoms with Crippen LogP contribution in [-0.2, 0) is 0 Å². The molecular formula is C21H16N4O4. The number of nitro benzene ring substituents is 1. The lowest BCUT2D eigenvalue weighted by molar-refractivity contribution is -0.384. The van der Waals surface area contributed by atoms with Gasteiger partial charge in [0.2, 0.25) is 0 Å². The Labute approximate surface area is 165 Å². The number of nitrogens with one attached hydrogen (secondary N) is 1. The number of ether oxygens (including phenoxy) is 1. The number of hydrogen-bond acceptors (Lipinski definition) is 5. The number of aromatic nitrogens is 2.